The number of hydrogen-bond donors (Lipinski definition) is 3. The van der Waals surface area contributed by atoms with Crippen molar-refractivity contribution < 1.29 is 13.5 Å². The second kappa shape index (κ2) is 5.65. The van der Waals surface area contributed by atoms with Gasteiger partial charge < -0.3 is 5.11 Å². The molecule has 0 aliphatic heterocycles. The van der Waals surface area contributed by atoms with Gasteiger partial charge in [-0.2, -0.15) is 13.1 Å². The lowest BCUT2D eigenvalue weighted by Crippen LogP contribution is -2.45. The first kappa shape index (κ1) is 13.8. The van der Waals surface area contributed by atoms with Crippen molar-refractivity contribution in [1.82, 2.24) is 9.44 Å². The molecule has 1 atom stereocenters. The van der Waals surface area contributed by atoms with E-state index in [1.807, 2.05) is 6.92 Å². The molecule has 0 aromatic heterocycles. The zero-order chi connectivity index (χ0) is 11.2. The van der Waals surface area contributed by atoms with Crippen molar-refractivity contribution in [2.45, 2.75) is 39.2 Å². The molecule has 0 saturated carbocycles. The first-order chi connectivity index (χ1) is 6.33. The summed E-state index contributed by atoms with van der Waals surface area (Å²) in [4.78, 5) is 0. The monoisotopic (exact) mass is 224 g/mol. The molecule has 6 heteroatoms. The largest absolute Gasteiger partial charge is 0.389 e. The lowest BCUT2D eigenvalue weighted by atomic mass is 10.0. The Labute approximate surface area is 86.1 Å². The molecule has 3 N–H and O–H groups in total. The second-order valence-electron chi connectivity index (χ2n) is 3.57. The van der Waals surface area contributed by atoms with E-state index in [0.29, 0.717) is 13.0 Å². The van der Waals surface area contributed by atoms with E-state index in [2.05, 4.69) is 9.44 Å². The molecule has 0 bridgehead atoms. The normalized spacial score (nSPS) is 16.6. The Kier molecular flexibility index (Phi) is 5.58. The molecule has 0 fully saturated rings. The van der Waals surface area contributed by atoms with E-state index < -0.39 is 15.8 Å². The van der Waals surface area contributed by atoms with E-state index in [1.54, 1.807) is 13.8 Å². The van der Waals surface area contributed by atoms with Crippen molar-refractivity contribution in [3.8, 4) is 0 Å². The van der Waals surface area contributed by atoms with Gasteiger partial charge >= 0.3 is 0 Å². The fourth-order valence-electron chi connectivity index (χ4n) is 1.12. The first-order valence-electron chi connectivity index (χ1n) is 4.79. The Morgan fingerprint density at radius 1 is 1.29 bits per heavy atom. The van der Waals surface area contributed by atoms with Crippen LogP contribution in [-0.4, -0.2) is 32.2 Å². The minimum absolute atomic E-state index is 0.0379. The maximum Gasteiger partial charge on any atom is 0.276 e. The van der Waals surface area contributed by atoms with Gasteiger partial charge in [0.1, 0.15) is 0 Å². The molecule has 0 spiro atoms. The Morgan fingerprint density at radius 3 is 2.29 bits per heavy atom. The van der Waals surface area contributed by atoms with Crippen molar-refractivity contribution in [2.75, 3.05) is 13.1 Å². The number of rotatable bonds is 7. The van der Waals surface area contributed by atoms with E-state index in [-0.39, 0.29) is 6.54 Å². The van der Waals surface area contributed by atoms with Crippen LogP contribution in [0.1, 0.15) is 33.6 Å². The van der Waals surface area contributed by atoms with E-state index in [1.165, 1.54) is 0 Å². The highest BCUT2D eigenvalue weighted by Crippen LogP contribution is 2.10. The third-order valence-corrected chi connectivity index (χ3v) is 2.96. The van der Waals surface area contributed by atoms with Crippen LogP contribution in [0, 0.1) is 0 Å². The highest BCUT2D eigenvalue weighted by atomic mass is 32.2. The summed E-state index contributed by atoms with van der Waals surface area (Å²) in [5.41, 5.74) is -0.975. The van der Waals surface area contributed by atoms with Crippen LogP contribution in [0.25, 0.3) is 0 Å². The molecule has 1 unspecified atom stereocenters. The number of aliphatic hydroxyl groups is 1. The van der Waals surface area contributed by atoms with E-state index in [0.717, 1.165) is 6.42 Å². The summed E-state index contributed by atoms with van der Waals surface area (Å²) in [5, 5.41) is 9.69. The van der Waals surface area contributed by atoms with Crippen LogP contribution in [0.3, 0.4) is 0 Å². The van der Waals surface area contributed by atoms with Crippen LogP contribution >= 0.6 is 0 Å². The third kappa shape index (κ3) is 6.31. The maximum absolute atomic E-state index is 11.1. The van der Waals surface area contributed by atoms with Crippen LogP contribution in [0.4, 0.5) is 0 Å². The van der Waals surface area contributed by atoms with Crippen molar-refractivity contribution >= 4 is 10.2 Å². The van der Waals surface area contributed by atoms with Crippen LogP contribution in [0.2, 0.25) is 0 Å². The van der Waals surface area contributed by atoms with Gasteiger partial charge in [-0.15, -0.1) is 0 Å². The highest BCUT2D eigenvalue weighted by molar-refractivity contribution is 7.87. The van der Waals surface area contributed by atoms with Crippen molar-refractivity contribution in [3.05, 3.63) is 0 Å². The Balaban J connectivity index is 4.04. The van der Waals surface area contributed by atoms with Gasteiger partial charge in [0.25, 0.3) is 10.2 Å². The number of hydrogen-bond acceptors (Lipinski definition) is 3. The van der Waals surface area contributed by atoms with Gasteiger partial charge in [0, 0.05) is 13.1 Å². The fraction of sp³-hybridized carbons (Fsp3) is 1.00. The molecule has 86 valence electrons. The van der Waals surface area contributed by atoms with Crippen molar-refractivity contribution in [1.29, 1.82) is 0 Å². The highest BCUT2D eigenvalue weighted by Gasteiger charge is 2.21. The molecule has 0 aliphatic rings. The first-order valence-corrected chi connectivity index (χ1v) is 6.28. The van der Waals surface area contributed by atoms with E-state index >= 15 is 0 Å². The molecule has 0 saturated heterocycles. The second-order valence-corrected chi connectivity index (χ2v) is 5.15. The Morgan fingerprint density at radius 2 is 1.86 bits per heavy atom. The SMILES string of the molecule is CCCC(C)(O)CNS(=O)(=O)NCC. The fourth-order valence-corrected chi connectivity index (χ4v) is 2.10. The van der Waals surface area contributed by atoms with Crippen LogP contribution in [0.5, 0.6) is 0 Å². The minimum Gasteiger partial charge on any atom is -0.389 e. The summed E-state index contributed by atoms with van der Waals surface area (Å²) in [6.45, 7) is 5.63. The minimum atomic E-state index is -3.44. The standard InChI is InChI=1S/C8H20N2O3S/c1-4-6-8(3,11)7-10-14(12,13)9-5-2/h9-11H,4-7H2,1-3H3. The number of nitrogens with one attached hydrogen (secondary N) is 2. The molecular weight excluding hydrogens is 204 g/mol. The quantitative estimate of drug-likeness (QED) is 0.569. The lowest BCUT2D eigenvalue weighted by molar-refractivity contribution is 0.0553. The van der Waals surface area contributed by atoms with Gasteiger partial charge in [-0.05, 0) is 13.3 Å². The summed E-state index contributed by atoms with van der Waals surface area (Å²) in [7, 11) is -3.44. The predicted molar refractivity (Wildman–Crippen MR) is 56.1 cm³/mol. The average molecular weight is 224 g/mol. The molecule has 0 heterocycles. The van der Waals surface area contributed by atoms with Crippen molar-refractivity contribution in [3.63, 3.8) is 0 Å². The summed E-state index contributed by atoms with van der Waals surface area (Å²) in [6, 6.07) is 0. The molecule has 14 heavy (non-hydrogen) atoms. The Hall–Kier alpha value is -0.170. The van der Waals surface area contributed by atoms with Gasteiger partial charge in [0.15, 0.2) is 0 Å². The van der Waals surface area contributed by atoms with Gasteiger partial charge in [-0.1, -0.05) is 20.3 Å². The lowest BCUT2D eigenvalue weighted by Gasteiger charge is -2.22. The van der Waals surface area contributed by atoms with Gasteiger partial charge in [-0.3, -0.25) is 0 Å². The van der Waals surface area contributed by atoms with Gasteiger partial charge in [0.2, 0.25) is 0 Å². The third-order valence-electron chi connectivity index (χ3n) is 1.77. The molecule has 0 aromatic carbocycles. The van der Waals surface area contributed by atoms with Crippen LogP contribution in [0.15, 0.2) is 0 Å². The molecule has 5 nitrogen and oxygen atoms in total. The van der Waals surface area contributed by atoms with Crippen molar-refractivity contribution in [2.24, 2.45) is 0 Å². The molecule has 0 radical (unpaired) electrons. The summed E-state index contributed by atoms with van der Waals surface area (Å²) < 4.78 is 26.9. The van der Waals surface area contributed by atoms with Crippen LogP contribution in [-0.2, 0) is 10.2 Å². The molecule has 0 amide bonds. The van der Waals surface area contributed by atoms with Gasteiger partial charge in [0.05, 0.1) is 5.60 Å². The van der Waals surface area contributed by atoms with E-state index in [9.17, 15) is 13.5 Å². The zero-order valence-electron chi connectivity index (χ0n) is 9.00. The predicted octanol–water partition coefficient (Wildman–Crippen LogP) is -0.0186. The average Bonchev–Trinajstić information content (AvgIpc) is 2.01. The van der Waals surface area contributed by atoms with Crippen LogP contribution < -0.4 is 9.44 Å². The maximum atomic E-state index is 11.1. The molecular formula is C8H20N2O3S. The summed E-state index contributed by atoms with van der Waals surface area (Å²) in [6.07, 6.45) is 1.39. The summed E-state index contributed by atoms with van der Waals surface area (Å²) >= 11 is 0. The Bertz CT molecular complexity index is 249. The van der Waals surface area contributed by atoms with E-state index in [4.69, 9.17) is 0 Å². The summed E-state index contributed by atoms with van der Waals surface area (Å²) in [5.74, 6) is 0. The smallest absolute Gasteiger partial charge is 0.276 e. The topological polar surface area (TPSA) is 78.4 Å². The zero-order valence-corrected chi connectivity index (χ0v) is 9.82. The molecule has 0 aromatic rings. The molecule has 0 aliphatic carbocycles. The van der Waals surface area contributed by atoms with Gasteiger partial charge in [-0.25, -0.2) is 4.72 Å². The molecule has 0 rings (SSSR count).